The SMILES string of the molecule is C=C/C=C\C(=C/C=C)B1N(C(=C/C=C)/N=C\C=C)c2cc(O)ccc2N1C(/C=C\C=C)=C/C=C. The van der Waals surface area contributed by atoms with E-state index in [1.807, 2.05) is 53.4 Å². The Bertz CT molecular complexity index is 1150. The fraction of sp³-hybridized carbons (Fsp3) is 0. The van der Waals surface area contributed by atoms with E-state index in [1.54, 1.807) is 54.8 Å². The number of anilines is 2. The molecule has 1 heterocycles. The van der Waals surface area contributed by atoms with Crippen LogP contribution >= 0.6 is 0 Å². The molecule has 170 valence electrons. The highest BCUT2D eigenvalue weighted by molar-refractivity contribution is 6.78. The number of phenols is 1. The van der Waals surface area contributed by atoms with Crippen LogP contribution in [0.4, 0.5) is 11.4 Å². The van der Waals surface area contributed by atoms with Gasteiger partial charge in [0.25, 0.3) is 0 Å². The molecule has 4 nitrogen and oxygen atoms in total. The molecule has 0 bridgehead atoms. The summed E-state index contributed by atoms with van der Waals surface area (Å²) in [5, 5.41) is 10.4. The van der Waals surface area contributed by atoms with Crippen molar-refractivity contribution in [2.24, 2.45) is 4.99 Å². The maximum Gasteiger partial charge on any atom is 0.421 e. The van der Waals surface area contributed by atoms with Crippen molar-refractivity contribution in [3.8, 4) is 5.75 Å². The second kappa shape index (κ2) is 13.1. The predicted octanol–water partition coefficient (Wildman–Crippen LogP) is 7.00. The van der Waals surface area contributed by atoms with E-state index in [1.165, 1.54) is 0 Å². The number of fused-ring (bicyclic) bond motifs is 1. The van der Waals surface area contributed by atoms with Crippen molar-refractivity contribution in [2.75, 3.05) is 9.62 Å². The van der Waals surface area contributed by atoms with Gasteiger partial charge in [-0.1, -0.05) is 100 Å². The van der Waals surface area contributed by atoms with Gasteiger partial charge in [0.1, 0.15) is 11.6 Å². The first kappa shape index (κ1) is 25.8. The fourth-order valence-electron chi connectivity index (χ4n) is 3.58. The molecule has 0 aromatic heterocycles. The smallest absolute Gasteiger partial charge is 0.421 e. The maximum absolute atomic E-state index is 10.4. The van der Waals surface area contributed by atoms with E-state index in [0.29, 0.717) is 5.82 Å². The van der Waals surface area contributed by atoms with Crippen molar-refractivity contribution < 1.29 is 5.11 Å². The fourth-order valence-corrected chi connectivity index (χ4v) is 3.58. The summed E-state index contributed by atoms with van der Waals surface area (Å²) < 4.78 is 0. The van der Waals surface area contributed by atoms with Gasteiger partial charge in [0.05, 0.1) is 11.4 Å². The number of allylic oxidation sites excluding steroid dienone is 14. The molecule has 1 N–H and O–H groups in total. The monoisotopic (exact) mass is 447 g/mol. The van der Waals surface area contributed by atoms with Gasteiger partial charge in [-0.3, -0.25) is 0 Å². The first-order valence-corrected chi connectivity index (χ1v) is 10.7. The molecule has 0 spiro atoms. The Balaban J connectivity index is 2.99. The molecule has 34 heavy (non-hydrogen) atoms. The first-order chi connectivity index (χ1) is 16.6. The number of aliphatic imine (C=N–C) groups is 1. The minimum absolute atomic E-state index is 0.141. The lowest BCUT2D eigenvalue weighted by Crippen LogP contribution is -2.48. The highest BCUT2D eigenvalue weighted by atomic mass is 16.3. The molecule has 0 saturated heterocycles. The maximum atomic E-state index is 10.4. The summed E-state index contributed by atoms with van der Waals surface area (Å²) in [6.07, 6.45) is 25.1. The second-order valence-electron chi connectivity index (χ2n) is 6.98. The molecule has 1 aliphatic rings. The number of nitrogens with zero attached hydrogens (tertiary/aromatic N) is 3. The van der Waals surface area contributed by atoms with Crippen molar-refractivity contribution in [3.63, 3.8) is 0 Å². The Morgan fingerprint density at radius 2 is 1.44 bits per heavy atom. The molecule has 2 rings (SSSR count). The van der Waals surface area contributed by atoms with Gasteiger partial charge in [-0.15, -0.1) is 0 Å². The normalized spacial score (nSPS) is 14.7. The van der Waals surface area contributed by atoms with Gasteiger partial charge in [-0.05, 0) is 35.8 Å². The van der Waals surface area contributed by atoms with Gasteiger partial charge in [0, 0.05) is 18.0 Å². The third-order valence-corrected chi connectivity index (χ3v) is 4.80. The minimum Gasteiger partial charge on any atom is -0.508 e. The van der Waals surface area contributed by atoms with Crippen LogP contribution in [0.3, 0.4) is 0 Å². The molecule has 1 aliphatic heterocycles. The number of phenolic OH excluding ortho intramolecular Hbond substituents is 1. The summed E-state index contributed by atoms with van der Waals surface area (Å²) in [4.78, 5) is 8.78. The second-order valence-corrected chi connectivity index (χ2v) is 6.98. The van der Waals surface area contributed by atoms with Crippen molar-refractivity contribution in [1.29, 1.82) is 0 Å². The molecule has 0 unspecified atom stereocenters. The lowest BCUT2D eigenvalue weighted by Gasteiger charge is -2.31. The van der Waals surface area contributed by atoms with Crippen LogP contribution in [0.2, 0.25) is 0 Å². The minimum atomic E-state index is -0.389. The third kappa shape index (κ3) is 5.84. The highest BCUT2D eigenvalue weighted by Crippen LogP contribution is 2.46. The van der Waals surface area contributed by atoms with E-state index in [0.717, 1.165) is 22.5 Å². The van der Waals surface area contributed by atoms with E-state index in [9.17, 15) is 5.11 Å². The predicted molar refractivity (Wildman–Crippen MR) is 151 cm³/mol. The molecular weight excluding hydrogens is 417 g/mol. The topological polar surface area (TPSA) is 39.1 Å². The van der Waals surface area contributed by atoms with Crippen molar-refractivity contribution in [3.05, 3.63) is 154 Å². The van der Waals surface area contributed by atoms with Crippen LogP contribution < -0.4 is 9.62 Å². The lowest BCUT2D eigenvalue weighted by molar-refractivity contribution is 0.475. The van der Waals surface area contributed by atoms with Gasteiger partial charge >= 0.3 is 6.98 Å². The Labute approximate surface area is 203 Å². The Morgan fingerprint density at radius 1 is 0.765 bits per heavy atom. The molecule has 1 aromatic rings. The Hall–Kier alpha value is -4.51. The number of benzene rings is 1. The molecule has 5 heteroatoms. The van der Waals surface area contributed by atoms with E-state index in [-0.39, 0.29) is 12.7 Å². The molecule has 0 aliphatic carbocycles. The number of rotatable bonds is 12. The van der Waals surface area contributed by atoms with Crippen LogP contribution in [0, 0.1) is 0 Å². The zero-order valence-electron chi connectivity index (χ0n) is 19.4. The van der Waals surface area contributed by atoms with Gasteiger partial charge < -0.3 is 14.7 Å². The largest absolute Gasteiger partial charge is 0.508 e. The van der Waals surface area contributed by atoms with Crippen LogP contribution in [-0.2, 0) is 0 Å². The zero-order valence-corrected chi connectivity index (χ0v) is 19.4. The summed E-state index contributed by atoms with van der Waals surface area (Å²) in [6, 6.07) is 5.26. The Morgan fingerprint density at radius 3 is 2.06 bits per heavy atom. The summed E-state index contributed by atoms with van der Waals surface area (Å²) in [6.45, 7) is 22.6. The van der Waals surface area contributed by atoms with Crippen LogP contribution in [0.1, 0.15) is 0 Å². The zero-order chi connectivity index (χ0) is 24.9. The van der Waals surface area contributed by atoms with Crippen LogP contribution in [-0.4, -0.2) is 18.3 Å². The molecule has 0 amide bonds. The van der Waals surface area contributed by atoms with E-state index >= 15 is 0 Å². The van der Waals surface area contributed by atoms with Crippen molar-refractivity contribution >= 4 is 24.6 Å². The molecule has 1 aromatic carbocycles. The number of aromatic hydroxyl groups is 1. The first-order valence-electron chi connectivity index (χ1n) is 10.7. The van der Waals surface area contributed by atoms with E-state index in [2.05, 4.69) is 49.3 Å². The average Bonchev–Trinajstić information content (AvgIpc) is 3.15. The molecule has 0 atom stereocenters. The quantitative estimate of drug-likeness (QED) is 0.213. The van der Waals surface area contributed by atoms with Gasteiger partial charge in [0.2, 0.25) is 0 Å². The lowest BCUT2D eigenvalue weighted by atomic mass is 9.63. The van der Waals surface area contributed by atoms with Crippen molar-refractivity contribution in [2.45, 2.75) is 0 Å². The standard InChI is InChI=1S/C29H30BN3O/c1-7-13-18-24(15-9-3)30-32(25(16-10-4)19-14-8-2)27-21-20-26(34)23-28(27)33(30)29(17-11-5)31-22-12-6/h7-23,34H,1-6H2/b18-13-,19-14-,24-15+,25-16+,29-17+,31-22-. The molecule has 0 fully saturated rings. The Kier molecular flexibility index (Phi) is 9.95. The number of hydrogen-bond donors (Lipinski definition) is 1. The van der Waals surface area contributed by atoms with Gasteiger partial charge in [0.15, 0.2) is 0 Å². The van der Waals surface area contributed by atoms with Crippen LogP contribution in [0.5, 0.6) is 5.75 Å². The summed E-state index contributed by atoms with van der Waals surface area (Å²) >= 11 is 0. The highest BCUT2D eigenvalue weighted by Gasteiger charge is 2.45. The summed E-state index contributed by atoms with van der Waals surface area (Å²) in [7, 11) is 0. The van der Waals surface area contributed by atoms with Gasteiger partial charge in [-0.2, -0.15) is 0 Å². The van der Waals surface area contributed by atoms with Crippen molar-refractivity contribution in [1.82, 2.24) is 0 Å². The molecule has 0 saturated carbocycles. The average molecular weight is 447 g/mol. The van der Waals surface area contributed by atoms with Crippen LogP contribution in [0.25, 0.3) is 0 Å². The molecular formula is C29H30BN3O. The van der Waals surface area contributed by atoms with E-state index < -0.39 is 0 Å². The third-order valence-electron chi connectivity index (χ3n) is 4.80. The summed E-state index contributed by atoms with van der Waals surface area (Å²) in [5.74, 6) is 0.753. The van der Waals surface area contributed by atoms with E-state index in [4.69, 9.17) is 0 Å². The van der Waals surface area contributed by atoms with Gasteiger partial charge in [-0.25, -0.2) is 4.99 Å². The summed E-state index contributed by atoms with van der Waals surface area (Å²) in [5.41, 5.74) is 3.41. The number of hydrogen-bond acceptors (Lipinski definition) is 4. The van der Waals surface area contributed by atoms with Crippen LogP contribution in [0.15, 0.2) is 159 Å². The molecule has 0 radical (unpaired) electrons.